The Balaban J connectivity index is 2.46. The lowest BCUT2D eigenvalue weighted by Gasteiger charge is -2.16. The van der Waals surface area contributed by atoms with Gasteiger partial charge in [0.25, 0.3) is 0 Å². The number of carbonyl (C=O) groups is 1. The van der Waals surface area contributed by atoms with Crippen LogP contribution in [0.2, 0.25) is 5.02 Å². The highest BCUT2D eigenvalue weighted by Crippen LogP contribution is 2.27. The molecule has 0 radical (unpaired) electrons. The Morgan fingerprint density at radius 1 is 1.27 bits per heavy atom. The van der Waals surface area contributed by atoms with Gasteiger partial charge < -0.3 is 4.74 Å². The fourth-order valence-corrected chi connectivity index (χ4v) is 1.96. The van der Waals surface area contributed by atoms with Crippen LogP contribution in [0.15, 0.2) is 30.3 Å². The molecule has 0 spiro atoms. The molecule has 2 aromatic rings. The highest BCUT2D eigenvalue weighted by molar-refractivity contribution is 6.30. The van der Waals surface area contributed by atoms with Crippen LogP contribution >= 0.6 is 11.6 Å². The zero-order chi connectivity index (χ0) is 16.5. The standard InChI is InChI=1S/C17H21ClN2O2/c1-11(2)14-10-15(22-16(21)17(3,4)5)20(19-14)13-8-6-7-12(18)9-13/h6-11H,1-5H3. The van der Waals surface area contributed by atoms with Crippen molar-refractivity contribution in [2.45, 2.75) is 40.5 Å². The highest BCUT2D eigenvalue weighted by Gasteiger charge is 2.26. The molecule has 5 heteroatoms. The van der Waals surface area contributed by atoms with Gasteiger partial charge in [-0.15, -0.1) is 0 Å². The normalized spacial score (nSPS) is 11.8. The minimum absolute atomic E-state index is 0.229. The summed E-state index contributed by atoms with van der Waals surface area (Å²) >= 11 is 6.05. The van der Waals surface area contributed by atoms with Crippen LogP contribution in [-0.2, 0) is 4.79 Å². The van der Waals surface area contributed by atoms with Crippen LogP contribution in [0, 0.1) is 5.41 Å². The van der Waals surface area contributed by atoms with Crippen molar-refractivity contribution in [3.8, 4) is 11.6 Å². The van der Waals surface area contributed by atoms with Crippen LogP contribution in [0.3, 0.4) is 0 Å². The molecule has 0 aliphatic carbocycles. The van der Waals surface area contributed by atoms with E-state index in [1.807, 2.05) is 46.8 Å². The predicted molar refractivity (Wildman–Crippen MR) is 87.8 cm³/mol. The summed E-state index contributed by atoms with van der Waals surface area (Å²) in [5, 5.41) is 5.14. The van der Waals surface area contributed by atoms with Gasteiger partial charge in [0.05, 0.1) is 16.8 Å². The molecule has 0 saturated heterocycles. The maximum absolute atomic E-state index is 12.2. The van der Waals surface area contributed by atoms with Crippen LogP contribution in [0.1, 0.15) is 46.2 Å². The predicted octanol–water partition coefficient (Wildman–Crippen LogP) is 4.60. The molecule has 118 valence electrons. The summed E-state index contributed by atoms with van der Waals surface area (Å²) in [5.41, 5.74) is 1.04. The van der Waals surface area contributed by atoms with Gasteiger partial charge in [-0.2, -0.15) is 5.10 Å². The van der Waals surface area contributed by atoms with E-state index in [2.05, 4.69) is 5.10 Å². The third kappa shape index (κ3) is 3.69. The first-order valence-electron chi connectivity index (χ1n) is 7.26. The first kappa shape index (κ1) is 16.6. The average Bonchev–Trinajstić information content (AvgIpc) is 2.81. The Labute approximate surface area is 136 Å². The van der Waals surface area contributed by atoms with E-state index in [-0.39, 0.29) is 11.9 Å². The van der Waals surface area contributed by atoms with Crippen molar-refractivity contribution in [2.75, 3.05) is 0 Å². The summed E-state index contributed by atoms with van der Waals surface area (Å²) < 4.78 is 7.17. The molecule has 0 fully saturated rings. The van der Waals surface area contributed by atoms with Gasteiger partial charge in [0, 0.05) is 11.1 Å². The number of hydrogen-bond acceptors (Lipinski definition) is 3. The van der Waals surface area contributed by atoms with Gasteiger partial charge >= 0.3 is 5.97 Å². The molecular formula is C17H21ClN2O2. The van der Waals surface area contributed by atoms with Crippen molar-refractivity contribution < 1.29 is 9.53 Å². The van der Waals surface area contributed by atoms with Gasteiger partial charge in [-0.05, 0) is 44.9 Å². The Bertz CT molecular complexity index is 684. The van der Waals surface area contributed by atoms with E-state index >= 15 is 0 Å². The van der Waals surface area contributed by atoms with Crippen molar-refractivity contribution in [2.24, 2.45) is 5.41 Å². The smallest absolute Gasteiger partial charge is 0.317 e. The van der Waals surface area contributed by atoms with E-state index in [9.17, 15) is 4.79 Å². The molecule has 0 saturated carbocycles. The van der Waals surface area contributed by atoms with Gasteiger partial charge in [0.2, 0.25) is 5.88 Å². The lowest BCUT2D eigenvalue weighted by atomic mass is 9.97. The second-order valence-corrected chi connectivity index (χ2v) is 7.03. The second-order valence-electron chi connectivity index (χ2n) is 6.59. The van der Waals surface area contributed by atoms with E-state index in [0.717, 1.165) is 11.4 Å². The van der Waals surface area contributed by atoms with Crippen molar-refractivity contribution in [1.82, 2.24) is 9.78 Å². The fraction of sp³-hybridized carbons (Fsp3) is 0.412. The van der Waals surface area contributed by atoms with E-state index in [4.69, 9.17) is 16.3 Å². The summed E-state index contributed by atoms with van der Waals surface area (Å²) in [6.45, 7) is 9.54. The molecule has 0 amide bonds. The van der Waals surface area contributed by atoms with E-state index in [1.165, 1.54) is 0 Å². The third-order valence-electron chi connectivity index (χ3n) is 3.15. The molecule has 1 heterocycles. The number of halogens is 1. The number of carbonyl (C=O) groups excluding carboxylic acids is 1. The topological polar surface area (TPSA) is 44.1 Å². The van der Waals surface area contributed by atoms with E-state index < -0.39 is 5.41 Å². The highest BCUT2D eigenvalue weighted by atomic mass is 35.5. The van der Waals surface area contributed by atoms with Crippen molar-refractivity contribution in [1.29, 1.82) is 0 Å². The number of ether oxygens (including phenoxy) is 1. The van der Waals surface area contributed by atoms with Crippen molar-refractivity contribution in [3.63, 3.8) is 0 Å². The quantitative estimate of drug-likeness (QED) is 0.776. The largest absolute Gasteiger partial charge is 0.407 e. The molecule has 0 atom stereocenters. The van der Waals surface area contributed by atoms with Gasteiger partial charge in [-0.25, -0.2) is 4.68 Å². The molecule has 22 heavy (non-hydrogen) atoms. The molecule has 0 N–H and O–H groups in total. The minimum atomic E-state index is -0.582. The van der Waals surface area contributed by atoms with Gasteiger partial charge in [-0.1, -0.05) is 31.5 Å². The zero-order valence-corrected chi connectivity index (χ0v) is 14.3. The van der Waals surface area contributed by atoms with Crippen LogP contribution in [0.25, 0.3) is 5.69 Å². The van der Waals surface area contributed by atoms with Crippen LogP contribution < -0.4 is 4.74 Å². The Morgan fingerprint density at radius 3 is 2.50 bits per heavy atom. The van der Waals surface area contributed by atoms with E-state index in [1.54, 1.807) is 22.9 Å². The lowest BCUT2D eigenvalue weighted by molar-refractivity contribution is -0.143. The molecule has 0 aliphatic heterocycles. The maximum Gasteiger partial charge on any atom is 0.317 e. The zero-order valence-electron chi connectivity index (χ0n) is 13.6. The number of nitrogens with zero attached hydrogens (tertiary/aromatic N) is 2. The molecular weight excluding hydrogens is 300 g/mol. The molecule has 1 aromatic heterocycles. The fourth-order valence-electron chi connectivity index (χ4n) is 1.78. The minimum Gasteiger partial charge on any atom is -0.407 e. The molecule has 1 aromatic carbocycles. The molecule has 0 bridgehead atoms. The molecule has 0 aliphatic rings. The summed E-state index contributed by atoms with van der Waals surface area (Å²) in [7, 11) is 0. The monoisotopic (exact) mass is 320 g/mol. The van der Waals surface area contributed by atoms with Gasteiger partial charge in [0.15, 0.2) is 0 Å². The lowest BCUT2D eigenvalue weighted by Crippen LogP contribution is -2.26. The van der Waals surface area contributed by atoms with Gasteiger partial charge in [0.1, 0.15) is 0 Å². The van der Waals surface area contributed by atoms with E-state index in [0.29, 0.717) is 10.9 Å². The summed E-state index contributed by atoms with van der Waals surface area (Å²) in [6.07, 6.45) is 0. The third-order valence-corrected chi connectivity index (χ3v) is 3.38. The first-order valence-corrected chi connectivity index (χ1v) is 7.64. The van der Waals surface area contributed by atoms with Gasteiger partial charge in [-0.3, -0.25) is 4.79 Å². The number of rotatable bonds is 3. The van der Waals surface area contributed by atoms with Crippen molar-refractivity contribution in [3.05, 3.63) is 41.0 Å². The first-order chi connectivity index (χ1) is 10.2. The maximum atomic E-state index is 12.2. The SMILES string of the molecule is CC(C)c1cc(OC(=O)C(C)(C)C)n(-c2cccc(Cl)c2)n1. The molecule has 4 nitrogen and oxygen atoms in total. The second kappa shape index (κ2) is 6.13. The Kier molecular flexibility index (Phi) is 4.61. The summed E-state index contributed by atoms with van der Waals surface area (Å²) in [5.74, 6) is 0.337. The number of hydrogen-bond donors (Lipinski definition) is 0. The molecule has 2 rings (SSSR count). The number of aromatic nitrogens is 2. The summed E-state index contributed by atoms with van der Waals surface area (Å²) in [6, 6.07) is 9.09. The number of esters is 1. The van der Waals surface area contributed by atoms with Crippen LogP contribution in [-0.4, -0.2) is 15.7 Å². The Morgan fingerprint density at radius 2 is 1.95 bits per heavy atom. The average molecular weight is 321 g/mol. The summed E-state index contributed by atoms with van der Waals surface area (Å²) in [4.78, 5) is 12.2. The molecule has 0 unspecified atom stereocenters. The van der Waals surface area contributed by atoms with Crippen LogP contribution in [0.5, 0.6) is 5.88 Å². The van der Waals surface area contributed by atoms with Crippen molar-refractivity contribution >= 4 is 17.6 Å². The number of benzene rings is 1. The van der Waals surface area contributed by atoms with Crippen LogP contribution in [0.4, 0.5) is 0 Å². The Hall–Kier alpha value is -1.81.